The third-order valence-electron chi connectivity index (χ3n) is 3.46. The molecule has 0 fully saturated rings. The average Bonchev–Trinajstić information content (AvgIpc) is 3.02. The van der Waals surface area contributed by atoms with E-state index in [0.29, 0.717) is 24.9 Å². The first-order valence-corrected chi connectivity index (χ1v) is 9.00. The number of aromatic nitrogens is 1. The first kappa shape index (κ1) is 19.4. The first-order chi connectivity index (χ1) is 11.8. The van der Waals surface area contributed by atoms with Crippen LogP contribution in [0, 0.1) is 5.82 Å². The van der Waals surface area contributed by atoms with E-state index in [-0.39, 0.29) is 11.2 Å². The molecule has 1 heterocycles. The highest BCUT2D eigenvalue weighted by molar-refractivity contribution is 9.10. The van der Waals surface area contributed by atoms with E-state index in [1.807, 2.05) is 6.92 Å². The molecule has 2 aromatic rings. The molecule has 0 bridgehead atoms. The molecule has 0 saturated carbocycles. The molecule has 0 unspecified atom stereocenters. The van der Waals surface area contributed by atoms with E-state index in [2.05, 4.69) is 57.3 Å². The van der Waals surface area contributed by atoms with E-state index in [4.69, 9.17) is 4.42 Å². The predicted octanol–water partition coefficient (Wildman–Crippen LogP) is 4.13. The van der Waals surface area contributed by atoms with Gasteiger partial charge in [0.05, 0.1) is 19.3 Å². The molecule has 0 amide bonds. The largest absolute Gasteiger partial charge is 0.443 e. The van der Waals surface area contributed by atoms with Gasteiger partial charge in [0.1, 0.15) is 11.6 Å². The van der Waals surface area contributed by atoms with Crippen molar-refractivity contribution in [2.24, 2.45) is 4.99 Å². The zero-order valence-corrected chi connectivity index (χ0v) is 16.6. The van der Waals surface area contributed by atoms with E-state index in [0.717, 1.165) is 22.3 Å². The Labute approximate surface area is 156 Å². The number of hydrogen-bond acceptors (Lipinski definition) is 3. The van der Waals surface area contributed by atoms with Crippen LogP contribution >= 0.6 is 15.9 Å². The smallest absolute Gasteiger partial charge is 0.213 e. The zero-order valence-electron chi connectivity index (χ0n) is 15.0. The van der Waals surface area contributed by atoms with Gasteiger partial charge in [-0.25, -0.2) is 14.4 Å². The summed E-state index contributed by atoms with van der Waals surface area (Å²) in [6.07, 6.45) is 1.75. The summed E-state index contributed by atoms with van der Waals surface area (Å²) in [5.74, 6) is 1.78. The summed E-state index contributed by atoms with van der Waals surface area (Å²) in [5.41, 5.74) is 0.705. The van der Waals surface area contributed by atoms with Crippen LogP contribution in [0.15, 0.2) is 38.3 Å². The Morgan fingerprint density at radius 3 is 2.72 bits per heavy atom. The van der Waals surface area contributed by atoms with Crippen molar-refractivity contribution in [3.05, 3.63) is 51.9 Å². The lowest BCUT2D eigenvalue weighted by Crippen LogP contribution is -2.36. The summed E-state index contributed by atoms with van der Waals surface area (Å²) in [7, 11) is 0. The maximum absolute atomic E-state index is 13.4. The standard InChI is InChI=1S/C18H24BrFN4O/c1-5-21-17(23-9-12-8-13(20)6-7-14(12)19)24-11-16-22-10-15(25-16)18(2,3)4/h6-8,10H,5,9,11H2,1-4H3,(H2,21,23,24). The summed E-state index contributed by atoms with van der Waals surface area (Å²) in [4.78, 5) is 8.77. The van der Waals surface area contributed by atoms with Crippen LogP contribution in [0.25, 0.3) is 0 Å². The summed E-state index contributed by atoms with van der Waals surface area (Å²) in [6, 6.07) is 4.57. The Morgan fingerprint density at radius 2 is 2.08 bits per heavy atom. The van der Waals surface area contributed by atoms with Crippen molar-refractivity contribution in [1.82, 2.24) is 15.6 Å². The Hall–Kier alpha value is -1.89. The third-order valence-corrected chi connectivity index (χ3v) is 4.23. The highest BCUT2D eigenvalue weighted by Crippen LogP contribution is 2.22. The second-order valence-electron chi connectivity index (χ2n) is 6.65. The SMILES string of the molecule is CCNC(=NCc1cc(F)ccc1Br)NCc1ncc(C(C)(C)C)o1. The lowest BCUT2D eigenvalue weighted by atomic mass is 9.94. The van der Waals surface area contributed by atoms with Crippen LogP contribution in [0.3, 0.4) is 0 Å². The van der Waals surface area contributed by atoms with Gasteiger partial charge in [-0.3, -0.25) is 0 Å². The van der Waals surface area contributed by atoms with Gasteiger partial charge in [-0.2, -0.15) is 0 Å². The number of hydrogen-bond donors (Lipinski definition) is 2. The normalized spacial score (nSPS) is 12.3. The maximum Gasteiger partial charge on any atom is 0.213 e. The molecular formula is C18H24BrFN4O. The minimum atomic E-state index is -0.277. The number of halogens is 2. The summed E-state index contributed by atoms with van der Waals surface area (Å²) in [5, 5.41) is 6.33. The predicted molar refractivity (Wildman–Crippen MR) is 101 cm³/mol. The molecule has 25 heavy (non-hydrogen) atoms. The summed E-state index contributed by atoms with van der Waals surface area (Å²) >= 11 is 3.41. The number of aliphatic imine (C=N–C) groups is 1. The molecule has 1 aromatic heterocycles. The van der Waals surface area contributed by atoms with Crippen molar-refractivity contribution in [3.63, 3.8) is 0 Å². The Morgan fingerprint density at radius 1 is 1.32 bits per heavy atom. The van der Waals surface area contributed by atoms with Gasteiger partial charge in [-0.15, -0.1) is 0 Å². The number of rotatable bonds is 5. The molecule has 1 aromatic carbocycles. The Kier molecular flexibility index (Phi) is 6.58. The van der Waals surface area contributed by atoms with Crippen LogP contribution in [-0.4, -0.2) is 17.5 Å². The molecule has 0 aliphatic rings. The molecule has 0 spiro atoms. The van der Waals surface area contributed by atoms with E-state index in [1.165, 1.54) is 12.1 Å². The van der Waals surface area contributed by atoms with Crippen molar-refractivity contribution in [2.75, 3.05) is 6.54 Å². The Balaban J connectivity index is 2.02. The number of benzene rings is 1. The lowest BCUT2D eigenvalue weighted by Gasteiger charge is -2.13. The lowest BCUT2D eigenvalue weighted by molar-refractivity contribution is 0.379. The number of guanidine groups is 1. The van der Waals surface area contributed by atoms with Gasteiger partial charge in [0.15, 0.2) is 5.96 Å². The maximum atomic E-state index is 13.4. The van der Waals surface area contributed by atoms with Crippen LogP contribution in [-0.2, 0) is 18.5 Å². The van der Waals surface area contributed by atoms with Gasteiger partial charge in [0, 0.05) is 16.4 Å². The van der Waals surface area contributed by atoms with Gasteiger partial charge in [0.2, 0.25) is 5.89 Å². The number of nitrogens with one attached hydrogen (secondary N) is 2. The van der Waals surface area contributed by atoms with Crippen molar-refractivity contribution >= 4 is 21.9 Å². The molecule has 0 radical (unpaired) electrons. The minimum absolute atomic E-state index is 0.0759. The fourth-order valence-electron chi connectivity index (χ4n) is 2.07. The number of nitrogens with zero attached hydrogens (tertiary/aromatic N) is 2. The summed E-state index contributed by atoms with van der Waals surface area (Å²) < 4.78 is 20.0. The van der Waals surface area contributed by atoms with Crippen LogP contribution in [0.2, 0.25) is 0 Å². The molecule has 0 aliphatic heterocycles. The van der Waals surface area contributed by atoms with E-state index < -0.39 is 0 Å². The molecule has 2 N–H and O–H groups in total. The fraction of sp³-hybridized carbons (Fsp3) is 0.444. The van der Waals surface area contributed by atoms with E-state index in [9.17, 15) is 4.39 Å². The van der Waals surface area contributed by atoms with Gasteiger partial charge in [-0.1, -0.05) is 36.7 Å². The molecule has 0 aliphatic carbocycles. The van der Waals surface area contributed by atoms with Crippen LogP contribution in [0.5, 0.6) is 0 Å². The van der Waals surface area contributed by atoms with Crippen molar-refractivity contribution < 1.29 is 8.81 Å². The summed E-state index contributed by atoms with van der Waals surface area (Å²) in [6.45, 7) is 9.71. The third kappa shape index (κ3) is 5.85. The molecule has 0 atom stereocenters. The minimum Gasteiger partial charge on any atom is -0.443 e. The second kappa shape index (κ2) is 8.47. The highest BCUT2D eigenvalue weighted by atomic mass is 79.9. The molecule has 136 valence electrons. The quantitative estimate of drug-likeness (QED) is 0.574. The number of oxazole rings is 1. The van der Waals surface area contributed by atoms with Crippen molar-refractivity contribution in [2.45, 2.75) is 46.2 Å². The molecule has 0 saturated heterocycles. The average molecular weight is 411 g/mol. The second-order valence-corrected chi connectivity index (χ2v) is 7.51. The van der Waals surface area contributed by atoms with Gasteiger partial charge in [0.25, 0.3) is 0 Å². The monoisotopic (exact) mass is 410 g/mol. The zero-order chi connectivity index (χ0) is 18.4. The van der Waals surface area contributed by atoms with Crippen LogP contribution in [0.4, 0.5) is 4.39 Å². The van der Waals surface area contributed by atoms with Crippen LogP contribution < -0.4 is 10.6 Å². The Bertz CT molecular complexity index is 737. The van der Waals surface area contributed by atoms with E-state index >= 15 is 0 Å². The van der Waals surface area contributed by atoms with E-state index in [1.54, 1.807) is 12.3 Å². The first-order valence-electron chi connectivity index (χ1n) is 8.21. The topological polar surface area (TPSA) is 62.5 Å². The molecule has 7 heteroatoms. The molecular weight excluding hydrogens is 387 g/mol. The van der Waals surface area contributed by atoms with Crippen molar-refractivity contribution in [1.29, 1.82) is 0 Å². The van der Waals surface area contributed by atoms with Crippen molar-refractivity contribution in [3.8, 4) is 0 Å². The molecule has 2 rings (SSSR count). The van der Waals surface area contributed by atoms with Gasteiger partial charge < -0.3 is 15.1 Å². The van der Waals surface area contributed by atoms with Crippen LogP contribution in [0.1, 0.15) is 44.9 Å². The highest BCUT2D eigenvalue weighted by Gasteiger charge is 2.19. The van der Waals surface area contributed by atoms with Gasteiger partial charge >= 0.3 is 0 Å². The molecule has 5 nitrogen and oxygen atoms in total. The fourth-order valence-corrected chi connectivity index (χ4v) is 2.44. The van der Waals surface area contributed by atoms with Gasteiger partial charge in [-0.05, 0) is 30.7 Å².